The van der Waals surface area contributed by atoms with Gasteiger partial charge in [0.1, 0.15) is 18.1 Å². The number of guanidine groups is 2. The van der Waals surface area contributed by atoms with Gasteiger partial charge in [-0.3, -0.25) is 29.2 Å². The molecule has 0 aliphatic carbocycles. The van der Waals surface area contributed by atoms with Crippen molar-refractivity contribution in [3.05, 3.63) is 0 Å². The molecule has 0 aromatic rings. The lowest BCUT2D eigenvalue weighted by atomic mass is 10.1. The number of nitrogens with two attached hydrogens (primary N) is 6. The quantitative estimate of drug-likeness (QED) is 0.0307. The standard InChI is InChI=1S/C20H39N11O6S/c21-10(9-38)15(33)29-11(3-1-7-27-19(23)24)16(34)30-12(5-6-14(22)32)17(35)31-13(18(36)37)4-2-8-28-20(25)26/h10-13,38H,1-9,21H2,(H2,22,32)(H,29,33)(H,30,34)(H,31,35)(H,36,37)(H4,23,24,27)(H4,25,26,28). The molecule has 0 aromatic carbocycles. The van der Waals surface area contributed by atoms with Gasteiger partial charge >= 0.3 is 5.97 Å². The van der Waals surface area contributed by atoms with Crippen LogP contribution in [-0.2, 0) is 24.0 Å². The SMILES string of the molecule is NC(=O)CCC(NC(=O)C(CCCN=C(N)N)NC(=O)C(N)CS)C(=O)NC(CCCN=C(N)N)C(=O)O. The molecule has 38 heavy (non-hydrogen) atoms. The van der Waals surface area contributed by atoms with E-state index in [0.717, 1.165) is 0 Å². The number of primary amides is 1. The van der Waals surface area contributed by atoms with E-state index < -0.39 is 53.8 Å². The maximum atomic E-state index is 13.0. The maximum absolute atomic E-state index is 13.0. The zero-order chi connectivity index (χ0) is 29.3. The van der Waals surface area contributed by atoms with Crippen LogP contribution >= 0.6 is 12.6 Å². The van der Waals surface area contributed by atoms with Gasteiger partial charge in [-0.2, -0.15) is 12.6 Å². The van der Waals surface area contributed by atoms with Crippen LogP contribution in [0.2, 0.25) is 0 Å². The number of amides is 4. The zero-order valence-corrected chi connectivity index (χ0v) is 21.9. The number of aliphatic imine (C=N–C) groups is 2. The highest BCUT2D eigenvalue weighted by molar-refractivity contribution is 7.80. The Morgan fingerprint density at radius 3 is 1.55 bits per heavy atom. The van der Waals surface area contributed by atoms with Gasteiger partial charge in [0.25, 0.3) is 0 Å². The van der Waals surface area contributed by atoms with Crippen molar-refractivity contribution in [3.63, 3.8) is 0 Å². The molecule has 18 heteroatoms. The molecule has 0 aliphatic heterocycles. The molecule has 0 saturated heterocycles. The van der Waals surface area contributed by atoms with E-state index in [-0.39, 0.29) is 69.3 Å². The molecule has 0 fully saturated rings. The molecule has 216 valence electrons. The second-order valence-corrected chi connectivity index (χ2v) is 8.58. The van der Waals surface area contributed by atoms with E-state index in [1.165, 1.54) is 0 Å². The first-order chi connectivity index (χ1) is 17.8. The van der Waals surface area contributed by atoms with Crippen molar-refractivity contribution in [1.82, 2.24) is 16.0 Å². The molecule has 4 atom stereocenters. The van der Waals surface area contributed by atoms with Gasteiger partial charge in [0.15, 0.2) is 11.9 Å². The zero-order valence-electron chi connectivity index (χ0n) is 21.0. The Kier molecular flexibility index (Phi) is 16.6. The molecule has 0 aliphatic rings. The maximum Gasteiger partial charge on any atom is 0.326 e. The van der Waals surface area contributed by atoms with E-state index in [2.05, 4.69) is 38.6 Å². The van der Waals surface area contributed by atoms with E-state index in [1.807, 2.05) is 0 Å². The Morgan fingerprint density at radius 1 is 0.711 bits per heavy atom. The molecule has 4 amide bonds. The highest BCUT2D eigenvalue weighted by Crippen LogP contribution is 2.06. The number of carboxylic acids is 1. The lowest BCUT2D eigenvalue weighted by Gasteiger charge is -2.25. The number of thiol groups is 1. The van der Waals surface area contributed by atoms with Crippen LogP contribution in [0.5, 0.6) is 0 Å². The minimum atomic E-state index is -1.34. The van der Waals surface area contributed by atoms with Gasteiger partial charge in [-0.1, -0.05) is 0 Å². The smallest absolute Gasteiger partial charge is 0.326 e. The van der Waals surface area contributed by atoms with Crippen LogP contribution in [0.1, 0.15) is 38.5 Å². The summed E-state index contributed by atoms with van der Waals surface area (Å²) in [5.41, 5.74) is 31.9. The van der Waals surface area contributed by atoms with E-state index >= 15 is 0 Å². The van der Waals surface area contributed by atoms with Gasteiger partial charge in [-0.05, 0) is 32.1 Å². The molecular formula is C20H39N11O6S. The molecule has 0 rings (SSSR count). The number of carbonyl (C=O) groups is 5. The molecule has 0 heterocycles. The second-order valence-electron chi connectivity index (χ2n) is 8.21. The van der Waals surface area contributed by atoms with Crippen LogP contribution < -0.4 is 50.4 Å². The van der Waals surface area contributed by atoms with Crippen molar-refractivity contribution < 1.29 is 29.1 Å². The number of hydrogen-bond acceptors (Lipinski definition) is 9. The highest BCUT2D eigenvalue weighted by Gasteiger charge is 2.30. The number of aliphatic carboxylic acids is 1. The van der Waals surface area contributed by atoms with Crippen molar-refractivity contribution >= 4 is 54.1 Å². The van der Waals surface area contributed by atoms with Gasteiger partial charge in [0.2, 0.25) is 23.6 Å². The fourth-order valence-corrected chi connectivity index (χ4v) is 3.16. The van der Waals surface area contributed by atoms with Gasteiger partial charge in [0.05, 0.1) is 6.04 Å². The summed E-state index contributed by atoms with van der Waals surface area (Å²) in [6.45, 7) is 0.297. The minimum Gasteiger partial charge on any atom is -0.480 e. The van der Waals surface area contributed by atoms with Crippen LogP contribution in [0.15, 0.2) is 9.98 Å². The van der Waals surface area contributed by atoms with Gasteiger partial charge in [-0.25, -0.2) is 4.79 Å². The molecule has 0 saturated carbocycles. The third kappa shape index (κ3) is 15.3. The van der Waals surface area contributed by atoms with Gasteiger partial charge in [-0.15, -0.1) is 0 Å². The number of carbonyl (C=O) groups excluding carboxylic acids is 4. The predicted octanol–water partition coefficient (Wildman–Crippen LogP) is -4.84. The number of nitrogens with one attached hydrogen (secondary N) is 3. The summed E-state index contributed by atoms with van der Waals surface area (Å²) in [7, 11) is 0. The first-order valence-electron chi connectivity index (χ1n) is 11.7. The summed E-state index contributed by atoms with van der Waals surface area (Å²) in [4.78, 5) is 68.8. The molecule has 4 unspecified atom stereocenters. The normalized spacial score (nSPS) is 13.6. The Bertz CT molecular complexity index is 878. The number of carboxylic acid groups (broad SMARTS) is 1. The predicted molar refractivity (Wildman–Crippen MR) is 144 cm³/mol. The first kappa shape index (κ1) is 34.2. The van der Waals surface area contributed by atoms with Crippen molar-refractivity contribution in [2.75, 3.05) is 18.8 Å². The Morgan fingerprint density at radius 2 is 1.13 bits per heavy atom. The average Bonchev–Trinajstić information content (AvgIpc) is 2.83. The number of nitrogens with zero attached hydrogens (tertiary/aromatic N) is 2. The molecule has 0 aromatic heterocycles. The summed E-state index contributed by atoms with van der Waals surface area (Å²) >= 11 is 3.96. The van der Waals surface area contributed by atoms with E-state index in [0.29, 0.717) is 0 Å². The third-order valence-corrected chi connectivity index (χ3v) is 5.38. The van der Waals surface area contributed by atoms with Crippen molar-refractivity contribution in [3.8, 4) is 0 Å². The molecule has 0 spiro atoms. The van der Waals surface area contributed by atoms with Crippen LogP contribution in [0.3, 0.4) is 0 Å². The minimum absolute atomic E-state index is 0.0115. The lowest BCUT2D eigenvalue weighted by molar-refractivity contribution is -0.142. The van der Waals surface area contributed by atoms with Crippen molar-refractivity contribution in [1.29, 1.82) is 0 Å². The van der Waals surface area contributed by atoms with Crippen molar-refractivity contribution in [2.45, 2.75) is 62.7 Å². The fraction of sp³-hybridized carbons (Fsp3) is 0.650. The molecule has 17 nitrogen and oxygen atoms in total. The monoisotopic (exact) mass is 561 g/mol. The Hall–Kier alpha value is -3.80. The molecule has 0 bridgehead atoms. The fourth-order valence-electron chi connectivity index (χ4n) is 3.00. The van der Waals surface area contributed by atoms with Crippen LogP contribution in [-0.4, -0.2) is 89.6 Å². The molecule has 0 radical (unpaired) electrons. The van der Waals surface area contributed by atoms with Gasteiger partial charge < -0.3 is 55.5 Å². The van der Waals surface area contributed by atoms with Crippen LogP contribution in [0.25, 0.3) is 0 Å². The summed E-state index contributed by atoms with van der Waals surface area (Å²) in [6, 6.07) is -4.82. The second kappa shape index (κ2) is 18.4. The summed E-state index contributed by atoms with van der Waals surface area (Å²) in [6.07, 6.45) is 0.0641. The van der Waals surface area contributed by atoms with Crippen LogP contribution in [0.4, 0.5) is 0 Å². The van der Waals surface area contributed by atoms with Gasteiger partial charge in [0, 0.05) is 25.3 Å². The Labute approximate surface area is 225 Å². The summed E-state index contributed by atoms with van der Waals surface area (Å²) in [5.74, 6) is -4.68. The van der Waals surface area contributed by atoms with E-state index in [1.54, 1.807) is 0 Å². The largest absolute Gasteiger partial charge is 0.480 e. The average molecular weight is 562 g/mol. The first-order valence-corrected chi connectivity index (χ1v) is 12.3. The Balaban J connectivity index is 5.59. The highest BCUT2D eigenvalue weighted by atomic mass is 32.1. The van der Waals surface area contributed by atoms with E-state index in [9.17, 15) is 29.1 Å². The van der Waals surface area contributed by atoms with Crippen LogP contribution in [0, 0.1) is 0 Å². The van der Waals surface area contributed by atoms with Crippen molar-refractivity contribution in [2.24, 2.45) is 44.4 Å². The molecule has 16 N–H and O–H groups in total. The summed E-state index contributed by atoms with van der Waals surface area (Å²) in [5, 5.41) is 16.7. The number of hydrogen-bond donors (Lipinski definition) is 11. The van der Waals surface area contributed by atoms with E-state index in [4.69, 9.17) is 34.4 Å². The topological polar surface area (TPSA) is 323 Å². The number of rotatable bonds is 19. The lowest BCUT2D eigenvalue weighted by Crippen LogP contribution is -2.57. The molecular weight excluding hydrogens is 522 g/mol. The summed E-state index contributed by atoms with van der Waals surface area (Å²) < 4.78 is 0. The third-order valence-electron chi connectivity index (χ3n) is 4.98.